The number of piperazine rings is 4. The highest BCUT2D eigenvalue weighted by atomic mass is 35.5. The van der Waals surface area contributed by atoms with Crippen LogP contribution in [0.4, 0.5) is 46.0 Å². The van der Waals surface area contributed by atoms with E-state index < -0.39 is 0 Å². The zero-order chi connectivity index (χ0) is 75.0. The van der Waals surface area contributed by atoms with E-state index in [1.54, 1.807) is 29.7 Å². The van der Waals surface area contributed by atoms with E-state index in [0.717, 1.165) is 185 Å². The maximum absolute atomic E-state index is 12.3. The molecular weight excluding hydrogens is 1370 g/mol. The Bertz CT molecular complexity index is 5060. The van der Waals surface area contributed by atoms with Gasteiger partial charge in [0.05, 0.1) is 200 Å². The van der Waals surface area contributed by atoms with Crippen molar-refractivity contribution in [3.63, 3.8) is 0 Å². The van der Waals surface area contributed by atoms with Gasteiger partial charge in [-0.15, -0.1) is 20.4 Å². The summed E-state index contributed by atoms with van der Waals surface area (Å²) < 4.78 is 11.2. The highest BCUT2D eigenvalue weighted by Crippen LogP contribution is 2.39. The number of nitrogens with two attached hydrogens (primary N) is 1. The van der Waals surface area contributed by atoms with Crippen molar-refractivity contribution in [1.29, 1.82) is 0 Å². The standard InChI is InChI=1S/C20H23N5O2.C19H20ClN5O2.C19H22N6O.C19H21N5O2/c1-14-17(26)8-7-15(19(14)27)21-18-16-6-4-5-9-24(16)22-20(18)23-10-12-25(2,3)13-11-23;1-25(2)9-7-23(8-10-25)19-18(15-5-3-4-6-24(15)22-19)21-14-11-13(20)16(26)12-17(14)27;1-25(2)11-9-23(10-12-25)19-18(17-5-3-4-8-24(17)22-19)21-16-7-6-14(26)13-15(16)20;1-24(2)11-9-22(10-12-24)19-18(16-5-3-4-8-23(16)21-19)20-15-7-6-14(25)13-17(15)26/h4-9H,10-13H2,1-3H3;3-6,11-12H,7-10H2,1-2H3;3-8,13H,9-12H2,1-2H3,(H-,20,26);3-8,13H,9-12H2,1-2H3/p+4. The van der Waals surface area contributed by atoms with Crippen LogP contribution in [0.1, 0.15) is 6.92 Å². The second kappa shape index (κ2) is 29.6. The van der Waals surface area contributed by atoms with E-state index in [0.29, 0.717) is 39.8 Å². The quantitative estimate of drug-likeness (QED) is 0.0639. The number of anilines is 4. The van der Waals surface area contributed by atoms with E-state index in [2.05, 4.69) is 86.0 Å². The summed E-state index contributed by atoms with van der Waals surface area (Å²) in [6, 6.07) is 23.3. The minimum atomic E-state index is -0.380. The lowest BCUT2D eigenvalue weighted by molar-refractivity contribution is -0.890. The molecule has 4 aliphatic heterocycles. The fourth-order valence-electron chi connectivity index (χ4n) is 13.1. The number of aliphatic imine (C=N–C) groups is 4. The minimum absolute atomic E-state index is 0.0693. The number of carbonyl (C=O) groups excluding carboxylic acids is 4. The lowest BCUT2D eigenvalue weighted by Crippen LogP contribution is -2.55. The van der Waals surface area contributed by atoms with Gasteiger partial charge >= 0.3 is 0 Å². The topological polar surface area (TPSA) is 287 Å². The number of hydrogen-bond donors (Lipinski definition) is 4. The van der Waals surface area contributed by atoms with Gasteiger partial charge in [0.25, 0.3) is 0 Å². The molecule has 0 atom stereocenters. The van der Waals surface area contributed by atoms with Crippen LogP contribution < -0.4 is 25.3 Å². The second-order valence-corrected chi connectivity index (χ2v) is 30.3. The maximum atomic E-state index is 12.3. The Kier molecular flexibility index (Phi) is 20.4. The molecule has 0 bridgehead atoms. The number of likely N-dealkylation sites (N-methyl/N-ethyl adjacent to an activating group) is 4. The van der Waals surface area contributed by atoms with E-state index in [1.807, 2.05) is 111 Å². The molecule has 5 N–H and O–H groups in total. The number of aliphatic hydroxyl groups is 3. The van der Waals surface area contributed by atoms with Gasteiger partial charge in [0.2, 0.25) is 5.78 Å². The lowest BCUT2D eigenvalue weighted by Gasteiger charge is -2.39. The van der Waals surface area contributed by atoms with Crippen LogP contribution in [0.2, 0.25) is 0 Å². The smallest absolute Gasteiger partial charge is 0.207 e. The van der Waals surface area contributed by atoms with Crippen molar-refractivity contribution in [3.8, 4) is 0 Å². The van der Waals surface area contributed by atoms with Gasteiger partial charge in [-0.05, 0) is 98.0 Å². The molecule has 8 aromatic heterocycles. The number of aromatic nitrogens is 8. The first-order chi connectivity index (χ1) is 50.5. The Labute approximate surface area is 618 Å². The van der Waals surface area contributed by atoms with Crippen molar-refractivity contribution < 1.29 is 52.4 Å². The number of carbonyl (C=O) groups is 4. The average Bonchev–Trinajstić information content (AvgIpc) is 1.63. The van der Waals surface area contributed by atoms with Crippen LogP contribution >= 0.6 is 11.6 Å². The molecule has 0 unspecified atom stereocenters. The number of fused-ring (bicyclic) bond motifs is 4. The van der Waals surface area contributed by atoms with Crippen molar-refractivity contribution in [1.82, 2.24) is 38.5 Å². The van der Waals surface area contributed by atoms with E-state index in [-0.39, 0.29) is 51.2 Å². The van der Waals surface area contributed by atoms with Crippen molar-refractivity contribution in [3.05, 3.63) is 192 Å². The van der Waals surface area contributed by atoms with Crippen molar-refractivity contribution >= 4 is 126 Å². The third-order valence-electron chi connectivity index (χ3n) is 20.2. The first-order valence-corrected chi connectivity index (χ1v) is 35.7. The predicted molar refractivity (Wildman–Crippen MR) is 416 cm³/mol. The highest BCUT2D eigenvalue weighted by Gasteiger charge is 2.34. The number of allylic oxidation sites excluding steroid dienone is 12. The SMILES string of the molecule is CC1=C(O)C(=Nc2c(N3CC[N+](C)(C)CC3)nn3ccccc23)C=CC1=O.C[N+]1(C)CCN(c2nn3ccccc3c2N=C2C=C(Cl)C(O)=CC2=O)CC1.C[N+]1(C)CCN(c2nn3ccccc3c2N=C2C=CC(=O)C=C2N)CC1.C[N+]1(C)CCN(c2nn3ccccc3c2N=C2C=CC(=O)C=C2O)CC1. The van der Waals surface area contributed by atoms with Gasteiger partial charge in [0, 0.05) is 48.6 Å². The maximum Gasteiger partial charge on any atom is 0.207 e. The molecule has 8 aliphatic rings. The third kappa shape index (κ3) is 16.1. The fraction of sp³-hybridized carbons (Fsp3) is 0.325. The highest BCUT2D eigenvalue weighted by molar-refractivity contribution is 6.52. The molecule has 16 rings (SSSR count). The minimum Gasteiger partial charge on any atom is -0.506 e. The van der Waals surface area contributed by atoms with E-state index in [9.17, 15) is 34.5 Å². The summed E-state index contributed by atoms with van der Waals surface area (Å²) in [5.74, 6) is 1.89. The van der Waals surface area contributed by atoms with E-state index in [1.165, 1.54) is 36.5 Å². The molecule has 0 amide bonds. The Morgan fingerprint density at radius 2 is 0.708 bits per heavy atom. The molecule has 0 saturated carbocycles. The van der Waals surface area contributed by atoms with Crippen molar-refractivity contribution in [2.75, 3.05) is 181 Å². The summed E-state index contributed by atoms with van der Waals surface area (Å²) in [4.78, 5) is 74.7. The molecule has 4 aliphatic carbocycles. The monoisotopic (exact) mass is 1460 g/mol. The van der Waals surface area contributed by atoms with Crippen LogP contribution in [0.15, 0.2) is 212 Å². The number of hydrogen-bond acceptors (Lipinski definition) is 20. The molecule has 29 heteroatoms. The molecule has 12 heterocycles. The number of quaternary nitrogens is 4. The predicted octanol–water partition coefficient (Wildman–Crippen LogP) is 7.89. The Hall–Kier alpha value is -11.4. The van der Waals surface area contributed by atoms with Crippen LogP contribution in [0, 0.1) is 0 Å². The van der Waals surface area contributed by atoms with Gasteiger partial charge in [-0.1, -0.05) is 35.9 Å². The summed E-state index contributed by atoms with van der Waals surface area (Å²) in [6.45, 7) is 17.0. The molecular formula is C77H90ClN21O7+4. The van der Waals surface area contributed by atoms with Gasteiger partial charge in [-0.3, -0.25) is 19.2 Å². The lowest BCUT2D eigenvalue weighted by atomic mass is 10.0. The summed E-state index contributed by atoms with van der Waals surface area (Å²) in [5, 5.41) is 49.2. The molecule has 548 valence electrons. The number of nitrogens with zero attached hydrogens (tertiary/aromatic N) is 20. The van der Waals surface area contributed by atoms with Crippen LogP contribution in [0.3, 0.4) is 0 Å². The third-order valence-corrected chi connectivity index (χ3v) is 20.6. The summed E-state index contributed by atoms with van der Waals surface area (Å²) in [6.07, 6.45) is 21.8. The zero-order valence-electron chi connectivity index (χ0n) is 61.2. The zero-order valence-corrected chi connectivity index (χ0v) is 62.0. The molecule has 0 spiro atoms. The summed E-state index contributed by atoms with van der Waals surface area (Å²) >= 11 is 5.98. The molecule has 8 aromatic rings. The molecule has 28 nitrogen and oxygen atoms in total. The Morgan fingerprint density at radius 1 is 0.387 bits per heavy atom. The Balaban J connectivity index is 0.000000125. The van der Waals surface area contributed by atoms with Crippen LogP contribution in [0.5, 0.6) is 0 Å². The molecule has 4 fully saturated rings. The van der Waals surface area contributed by atoms with E-state index >= 15 is 0 Å². The largest absolute Gasteiger partial charge is 0.506 e. The van der Waals surface area contributed by atoms with Crippen molar-refractivity contribution in [2.24, 2.45) is 25.7 Å². The number of aliphatic hydroxyl groups excluding tert-OH is 3. The first kappa shape index (κ1) is 72.9. The average molecular weight is 1460 g/mol. The number of rotatable bonds is 8. The fourth-order valence-corrected chi connectivity index (χ4v) is 13.3. The first-order valence-electron chi connectivity index (χ1n) is 35.4. The van der Waals surface area contributed by atoms with Gasteiger partial charge in [-0.2, -0.15) is 0 Å². The van der Waals surface area contributed by atoms with Crippen LogP contribution in [0.25, 0.3) is 22.1 Å². The van der Waals surface area contributed by atoms with E-state index in [4.69, 9.17) is 47.7 Å². The normalized spacial score (nSPS) is 21.5. The van der Waals surface area contributed by atoms with Gasteiger partial charge < -0.3 is 58.6 Å². The molecule has 0 radical (unpaired) electrons. The summed E-state index contributed by atoms with van der Waals surface area (Å²) in [7, 11) is 17.9. The van der Waals surface area contributed by atoms with Gasteiger partial charge in [0.15, 0.2) is 40.6 Å². The van der Waals surface area contributed by atoms with Gasteiger partial charge in [-0.25, -0.2) is 38.0 Å². The summed E-state index contributed by atoms with van der Waals surface area (Å²) in [5.41, 5.74) is 14.6. The van der Waals surface area contributed by atoms with Gasteiger partial charge in [0.1, 0.15) is 57.2 Å². The van der Waals surface area contributed by atoms with Crippen molar-refractivity contribution in [2.45, 2.75) is 6.92 Å². The molecule has 4 saturated heterocycles. The molecule has 0 aromatic carbocycles. The number of ketones is 4. The number of pyridine rings is 4. The second-order valence-electron chi connectivity index (χ2n) is 29.9. The van der Waals surface area contributed by atoms with Crippen LogP contribution in [-0.2, 0) is 19.2 Å². The molecule has 106 heavy (non-hydrogen) atoms. The Morgan fingerprint density at radius 3 is 1.07 bits per heavy atom. The van der Waals surface area contributed by atoms with Crippen LogP contribution in [-0.4, -0.2) is 279 Å². The number of halogens is 1.